The Morgan fingerprint density at radius 3 is 2.25 bits per heavy atom. The van der Waals surface area contributed by atoms with Gasteiger partial charge in [0.1, 0.15) is 0 Å². The molecule has 1 fully saturated rings. The molecule has 6 heteroatoms. The first-order valence-electron chi connectivity index (χ1n) is 8.42. The van der Waals surface area contributed by atoms with Crippen LogP contribution in [0.25, 0.3) is 0 Å². The molecular weight excluding hydrogens is 326 g/mol. The van der Waals surface area contributed by atoms with E-state index in [0.717, 1.165) is 24.9 Å². The second kappa shape index (κ2) is 9.04. The molecule has 0 bridgehead atoms. The Morgan fingerprint density at radius 2 is 1.67 bits per heavy atom. The number of amides is 2. The third kappa shape index (κ3) is 6.13. The summed E-state index contributed by atoms with van der Waals surface area (Å²) >= 11 is 5.84. The van der Waals surface area contributed by atoms with Crippen LogP contribution >= 0.6 is 11.6 Å². The number of hydrogen-bond donors (Lipinski definition) is 2. The number of halogens is 1. The van der Waals surface area contributed by atoms with E-state index in [0.29, 0.717) is 24.5 Å². The molecule has 0 saturated heterocycles. The van der Waals surface area contributed by atoms with Crippen LogP contribution in [-0.2, 0) is 16.0 Å². The van der Waals surface area contributed by atoms with Gasteiger partial charge in [-0.15, -0.1) is 0 Å². The molecule has 1 aromatic carbocycles. The Hall–Kier alpha value is -1.59. The fourth-order valence-corrected chi connectivity index (χ4v) is 2.75. The van der Waals surface area contributed by atoms with Gasteiger partial charge in [0.2, 0.25) is 11.8 Å². The van der Waals surface area contributed by atoms with Crippen molar-refractivity contribution in [2.75, 3.05) is 33.7 Å². The second-order valence-corrected chi connectivity index (χ2v) is 7.00. The highest BCUT2D eigenvalue weighted by Crippen LogP contribution is 2.38. The lowest BCUT2D eigenvalue weighted by Crippen LogP contribution is -2.32. The first-order chi connectivity index (χ1) is 11.5. The van der Waals surface area contributed by atoms with Crippen LogP contribution in [0.1, 0.15) is 18.4 Å². The Balaban J connectivity index is 1.60. The predicted molar refractivity (Wildman–Crippen MR) is 95.9 cm³/mol. The standard InChI is InChI=1S/C18H26ClN3O2/c1-22(2)11-3-9-20-17(23)15-12-16(15)18(24)21-10-8-13-4-6-14(19)7-5-13/h4-7,15-16H,3,8-12H2,1-2H3,(H,20,23)(H,21,24). The average molecular weight is 352 g/mol. The van der Waals surface area contributed by atoms with E-state index < -0.39 is 0 Å². The largest absolute Gasteiger partial charge is 0.356 e. The van der Waals surface area contributed by atoms with Crippen LogP contribution < -0.4 is 10.6 Å². The first kappa shape index (κ1) is 18.7. The van der Waals surface area contributed by atoms with Gasteiger partial charge in [0.15, 0.2) is 0 Å². The topological polar surface area (TPSA) is 61.4 Å². The van der Waals surface area contributed by atoms with Crippen LogP contribution in [0.4, 0.5) is 0 Å². The fraction of sp³-hybridized carbons (Fsp3) is 0.556. The van der Waals surface area contributed by atoms with Gasteiger partial charge in [-0.2, -0.15) is 0 Å². The normalized spacial score (nSPS) is 19.2. The minimum atomic E-state index is -0.163. The Bertz CT molecular complexity index is 560. The maximum Gasteiger partial charge on any atom is 0.223 e. The van der Waals surface area contributed by atoms with E-state index in [9.17, 15) is 9.59 Å². The number of hydrogen-bond acceptors (Lipinski definition) is 3. The first-order valence-corrected chi connectivity index (χ1v) is 8.80. The molecule has 1 saturated carbocycles. The molecule has 2 atom stereocenters. The van der Waals surface area contributed by atoms with E-state index >= 15 is 0 Å². The zero-order chi connectivity index (χ0) is 17.5. The molecule has 132 valence electrons. The Labute approximate surface area is 148 Å². The van der Waals surface area contributed by atoms with Crippen LogP contribution in [0.15, 0.2) is 24.3 Å². The van der Waals surface area contributed by atoms with Gasteiger partial charge in [0.05, 0.1) is 11.8 Å². The van der Waals surface area contributed by atoms with Gasteiger partial charge in [-0.1, -0.05) is 23.7 Å². The van der Waals surface area contributed by atoms with Gasteiger partial charge in [-0.3, -0.25) is 9.59 Å². The van der Waals surface area contributed by atoms with Crippen molar-refractivity contribution in [3.05, 3.63) is 34.9 Å². The molecule has 2 N–H and O–H groups in total. The maximum absolute atomic E-state index is 12.1. The number of benzene rings is 1. The highest BCUT2D eigenvalue weighted by atomic mass is 35.5. The SMILES string of the molecule is CN(C)CCCNC(=O)C1CC1C(=O)NCCc1ccc(Cl)cc1. The molecule has 0 spiro atoms. The predicted octanol–water partition coefficient (Wildman–Crippen LogP) is 1.70. The molecule has 1 aromatic rings. The molecule has 1 aliphatic carbocycles. The fourth-order valence-electron chi connectivity index (χ4n) is 2.62. The summed E-state index contributed by atoms with van der Waals surface area (Å²) in [6.45, 7) is 2.19. The van der Waals surface area contributed by atoms with Crippen LogP contribution in [0.2, 0.25) is 5.02 Å². The van der Waals surface area contributed by atoms with Crippen molar-refractivity contribution < 1.29 is 9.59 Å². The molecule has 0 aromatic heterocycles. The number of carbonyl (C=O) groups excluding carboxylic acids is 2. The van der Waals surface area contributed by atoms with E-state index in [1.807, 2.05) is 38.4 Å². The quantitative estimate of drug-likeness (QED) is 0.666. The minimum absolute atomic E-state index is 0.00612. The van der Waals surface area contributed by atoms with Crippen molar-refractivity contribution in [3.63, 3.8) is 0 Å². The molecular formula is C18H26ClN3O2. The van der Waals surface area contributed by atoms with E-state index in [2.05, 4.69) is 15.5 Å². The van der Waals surface area contributed by atoms with Gasteiger partial charge in [0, 0.05) is 18.1 Å². The number of nitrogens with zero attached hydrogens (tertiary/aromatic N) is 1. The Kier molecular flexibility index (Phi) is 7.06. The van der Waals surface area contributed by atoms with Gasteiger partial charge < -0.3 is 15.5 Å². The van der Waals surface area contributed by atoms with Crippen molar-refractivity contribution in [1.82, 2.24) is 15.5 Å². The van der Waals surface area contributed by atoms with E-state index in [4.69, 9.17) is 11.6 Å². The summed E-state index contributed by atoms with van der Waals surface area (Å²) in [6, 6.07) is 7.59. The van der Waals surface area contributed by atoms with Crippen molar-refractivity contribution in [2.45, 2.75) is 19.3 Å². The molecule has 2 unspecified atom stereocenters. The van der Waals surface area contributed by atoms with Crippen molar-refractivity contribution in [3.8, 4) is 0 Å². The van der Waals surface area contributed by atoms with Crippen LogP contribution in [0.5, 0.6) is 0 Å². The summed E-state index contributed by atoms with van der Waals surface area (Å²) < 4.78 is 0. The number of rotatable bonds is 9. The van der Waals surface area contributed by atoms with Crippen LogP contribution in [0.3, 0.4) is 0 Å². The molecule has 2 rings (SSSR count). The van der Waals surface area contributed by atoms with Crippen LogP contribution in [-0.4, -0.2) is 50.4 Å². The minimum Gasteiger partial charge on any atom is -0.356 e. The average Bonchev–Trinajstić information content (AvgIpc) is 3.34. The molecule has 5 nitrogen and oxygen atoms in total. The lowest BCUT2D eigenvalue weighted by Gasteiger charge is -2.10. The third-order valence-corrected chi connectivity index (χ3v) is 4.42. The van der Waals surface area contributed by atoms with Gasteiger partial charge in [-0.05, 0) is 57.6 Å². The number of carbonyl (C=O) groups is 2. The summed E-state index contributed by atoms with van der Waals surface area (Å²) in [5.74, 6) is -0.326. The highest BCUT2D eigenvalue weighted by molar-refractivity contribution is 6.30. The highest BCUT2D eigenvalue weighted by Gasteiger charge is 2.47. The zero-order valence-electron chi connectivity index (χ0n) is 14.3. The van der Waals surface area contributed by atoms with Gasteiger partial charge >= 0.3 is 0 Å². The molecule has 24 heavy (non-hydrogen) atoms. The maximum atomic E-state index is 12.1. The van der Waals surface area contributed by atoms with Gasteiger partial charge in [-0.25, -0.2) is 0 Å². The van der Waals surface area contributed by atoms with E-state index in [-0.39, 0.29) is 23.7 Å². The monoisotopic (exact) mass is 351 g/mol. The van der Waals surface area contributed by atoms with Crippen molar-refractivity contribution in [1.29, 1.82) is 0 Å². The van der Waals surface area contributed by atoms with Crippen molar-refractivity contribution in [2.24, 2.45) is 11.8 Å². The summed E-state index contributed by atoms with van der Waals surface area (Å²) in [4.78, 5) is 26.1. The second-order valence-electron chi connectivity index (χ2n) is 6.56. The van der Waals surface area contributed by atoms with Crippen LogP contribution in [0, 0.1) is 11.8 Å². The summed E-state index contributed by atoms with van der Waals surface area (Å²) in [7, 11) is 4.01. The zero-order valence-corrected chi connectivity index (χ0v) is 15.1. The lowest BCUT2D eigenvalue weighted by atomic mass is 10.1. The van der Waals surface area contributed by atoms with Crippen molar-refractivity contribution >= 4 is 23.4 Å². The third-order valence-electron chi connectivity index (χ3n) is 4.17. The molecule has 0 heterocycles. The van der Waals surface area contributed by atoms with E-state index in [1.165, 1.54) is 0 Å². The van der Waals surface area contributed by atoms with E-state index in [1.54, 1.807) is 0 Å². The van der Waals surface area contributed by atoms with Gasteiger partial charge in [0.25, 0.3) is 0 Å². The molecule has 0 radical (unpaired) electrons. The molecule has 0 aliphatic heterocycles. The molecule has 1 aliphatic rings. The summed E-state index contributed by atoms with van der Waals surface area (Å²) in [6.07, 6.45) is 2.34. The summed E-state index contributed by atoms with van der Waals surface area (Å²) in [5.41, 5.74) is 1.13. The summed E-state index contributed by atoms with van der Waals surface area (Å²) in [5, 5.41) is 6.54. The Morgan fingerprint density at radius 1 is 1.08 bits per heavy atom. The lowest BCUT2D eigenvalue weighted by molar-refractivity contribution is -0.127. The smallest absolute Gasteiger partial charge is 0.223 e. The number of nitrogens with one attached hydrogen (secondary N) is 2. The molecule has 2 amide bonds.